The van der Waals surface area contributed by atoms with Gasteiger partial charge in [0.15, 0.2) is 0 Å². The summed E-state index contributed by atoms with van der Waals surface area (Å²) in [6.45, 7) is 5.61. The van der Waals surface area contributed by atoms with Gasteiger partial charge < -0.3 is 10.2 Å². The fourth-order valence-corrected chi connectivity index (χ4v) is 1.62. The first kappa shape index (κ1) is 13.6. The van der Waals surface area contributed by atoms with Crippen LogP contribution >= 0.6 is 0 Å². The largest absolute Gasteiger partial charge is 0.338 e. The fraction of sp³-hybridized carbons (Fsp3) is 0.500. The predicted octanol–water partition coefficient (Wildman–Crippen LogP) is 2.84. The third kappa shape index (κ3) is 4.47. The number of nitrogens with zero attached hydrogens (tertiary/aromatic N) is 1. The molecular weight excluding hydrogens is 212 g/mol. The molecule has 2 amide bonds. The molecule has 3 heteroatoms. The van der Waals surface area contributed by atoms with Crippen molar-refractivity contribution in [1.82, 2.24) is 10.2 Å². The van der Waals surface area contributed by atoms with E-state index in [0.29, 0.717) is 5.92 Å². The average Bonchev–Trinajstić information content (AvgIpc) is 2.38. The Bertz CT molecular complexity index is 337. The molecule has 0 aliphatic rings. The molecule has 0 saturated heterocycles. The lowest BCUT2D eigenvalue weighted by atomic mass is 9.98. The zero-order chi connectivity index (χ0) is 12.7. The van der Waals surface area contributed by atoms with Gasteiger partial charge in [-0.3, -0.25) is 0 Å². The van der Waals surface area contributed by atoms with Gasteiger partial charge in [0.1, 0.15) is 0 Å². The molecule has 1 rings (SSSR count). The van der Waals surface area contributed by atoms with Crippen LogP contribution in [0.1, 0.15) is 31.7 Å². The number of benzene rings is 1. The number of carbonyl (C=O) groups is 1. The van der Waals surface area contributed by atoms with Crippen LogP contribution in [0.4, 0.5) is 4.79 Å². The van der Waals surface area contributed by atoms with Crippen molar-refractivity contribution < 1.29 is 4.79 Å². The van der Waals surface area contributed by atoms with Gasteiger partial charge >= 0.3 is 6.03 Å². The molecule has 0 heterocycles. The topological polar surface area (TPSA) is 32.3 Å². The van der Waals surface area contributed by atoms with Crippen molar-refractivity contribution in [1.29, 1.82) is 0 Å². The Kier molecular flexibility index (Phi) is 5.53. The Morgan fingerprint density at radius 1 is 1.35 bits per heavy atom. The average molecular weight is 234 g/mol. The quantitative estimate of drug-likeness (QED) is 0.834. The maximum atomic E-state index is 11.5. The molecule has 0 aromatic heterocycles. The van der Waals surface area contributed by atoms with Crippen LogP contribution in [0.15, 0.2) is 30.3 Å². The number of amides is 2. The highest BCUT2D eigenvalue weighted by Crippen LogP contribution is 2.17. The summed E-state index contributed by atoms with van der Waals surface area (Å²) >= 11 is 0. The van der Waals surface area contributed by atoms with Crippen molar-refractivity contribution >= 4 is 6.03 Å². The molecule has 0 spiro atoms. The van der Waals surface area contributed by atoms with Crippen molar-refractivity contribution in [3.8, 4) is 0 Å². The zero-order valence-electron chi connectivity index (χ0n) is 10.9. The Hall–Kier alpha value is -1.51. The van der Waals surface area contributed by atoms with Crippen molar-refractivity contribution in [2.24, 2.45) is 0 Å². The molecular formula is C14H22N2O. The fourth-order valence-electron chi connectivity index (χ4n) is 1.62. The zero-order valence-corrected chi connectivity index (χ0v) is 10.9. The van der Waals surface area contributed by atoms with Crippen molar-refractivity contribution in [3.05, 3.63) is 35.9 Å². The molecule has 17 heavy (non-hydrogen) atoms. The second kappa shape index (κ2) is 6.94. The minimum Gasteiger partial charge on any atom is -0.338 e. The molecule has 1 atom stereocenters. The van der Waals surface area contributed by atoms with E-state index in [0.717, 1.165) is 19.5 Å². The predicted molar refractivity (Wildman–Crippen MR) is 71.2 cm³/mol. The first-order chi connectivity index (χ1) is 8.15. The van der Waals surface area contributed by atoms with Gasteiger partial charge in [0.25, 0.3) is 0 Å². The van der Waals surface area contributed by atoms with Gasteiger partial charge in [-0.2, -0.15) is 0 Å². The number of hydrogen-bond donors (Lipinski definition) is 1. The van der Waals surface area contributed by atoms with Gasteiger partial charge in [-0.05, 0) is 24.8 Å². The van der Waals surface area contributed by atoms with Crippen LogP contribution in [-0.4, -0.2) is 31.1 Å². The van der Waals surface area contributed by atoms with Crippen molar-refractivity contribution in [2.45, 2.75) is 26.2 Å². The second-order valence-corrected chi connectivity index (χ2v) is 4.35. The molecule has 1 unspecified atom stereocenters. The Morgan fingerprint density at radius 2 is 2.00 bits per heavy atom. The van der Waals surface area contributed by atoms with Crippen LogP contribution in [0.25, 0.3) is 0 Å². The Labute approximate surface area is 104 Å². The molecule has 0 radical (unpaired) electrons. The highest BCUT2D eigenvalue weighted by molar-refractivity contribution is 5.73. The van der Waals surface area contributed by atoms with E-state index >= 15 is 0 Å². The summed E-state index contributed by atoms with van der Waals surface area (Å²) in [6.07, 6.45) is 0.966. The molecule has 3 nitrogen and oxygen atoms in total. The van der Waals surface area contributed by atoms with Gasteiger partial charge in [-0.25, -0.2) is 4.79 Å². The van der Waals surface area contributed by atoms with Crippen LogP contribution in [0.3, 0.4) is 0 Å². The van der Waals surface area contributed by atoms with Crippen LogP contribution in [0, 0.1) is 0 Å². The lowest BCUT2D eigenvalue weighted by Gasteiger charge is -2.17. The Morgan fingerprint density at radius 3 is 2.59 bits per heavy atom. The van der Waals surface area contributed by atoms with E-state index < -0.39 is 0 Å². The molecule has 1 aromatic carbocycles. The van der Waals surface area contributed by atoms with Crippen molar-refractivity contribution in [3.63, 3.8) is 0 Å². The van der Waals surface area contributed by atoms with E-state index in [2.05, 4.69) is 36.5 Å². The smallest absolute Gasteiger partial charge is 0.317 e. The summed E-state index contributed by atoms with van der Waals surface area (Å²) in [4.78, 5) is 13.2. The minimum atomic E-state index is 0.00719. The number of urea groups is 1. The first-order valence-corrected chi connectivity index (χ1v) is 6.19. The number of rotatable bonds is 5. The monoisotopic (exact) mass is 234 g/mol. The molecule has 0 aliphatic carbocycles. The lowest BCUT2D eigenvalue weighted by Crippen LogP contribution is -2.37. The molecule has 94 valence electrons. The van der Waals surface area contributed by atoms with E-state index in [9.17, 15) is 4.79 Å². The number of hydrogen-bond acceptors (Lipinski definition) is 1. The summed E-state index contributed by atoms with van der Waals surface area (Å²) in [5.41, 5.74) is 1.32. The van der Waals surface area contributed by atoms with E-state index in [-0.39, 0.29) is 6.03 Å². The van der Waals surface area contributed by atoms with Gasteiger partial charge in [-0.15, -0.1) is 0 Å². The highest BCUT2D eigenvalue weighted by Gasteiger charge is 2.07. The van der Waals surface area contributed by atoms with Crippen LogP contribution in [0.2, 0.25) is 0 Å². The summed E-state index contributed by atoms with van der Waals surface area (Å²) in [5, 5.41) is 2.92. The van der Waals surface area contributed by atoms with Gasteiger partial charge in [0, 0.05) is 20.1 Å². The van der Waals surface area contributed by atoms with E-state index in [4.69, 9.17) is 0 Å². The molecule has 1 aromatic rings. The molecule has 0 bridgehead atoms. The van der Waals surface area contributed by atoms with Gasteiger partial charge in [-0.1, -0.05) is 37.3 Å². The SMILES string of the molecule is CCN(C)C(=O)NCCC(C)c1ccccc1. The minimum absolute atomic E-state index is 0.00719. The molecule has 1 N–H and O–H groups in total. The van der Waals surface area contributed by atoms with E-state index in [1.165, 1.54) is 5.56 Å². The van der Waals surface area contributed by atoms with E-state index in [1.807, 2.05) is 13.0 Å². The summed E-state index contributed by atoms with van der Waals surface area (Å²) < 4.78 is 0. The second-order valence-electron chi connectivity index (χ2n) is 4.35. The standard InChI is InChI=1S/C14H22N2O/c1-4-16(3)14(17)15-11-10-12(2)13-8-6-5-7-9-13/h5-9,12H,4,10-11H2,1-3H3,(H,15,17). The lowest BCUT2D eigenvalue weighted by molar-refractivity contribution is 0.211. The molecule has 0 saturated carbocycles. The van der Waals surface area contributed by atoms with Crippen LogP contribution in [0.5, 0.6) is 0 Å². The first-order valence-electron chi connectivity index (χ1n) is 6.19. The number of nitrogens with one attached hydrogen (secondary N) is 1. The van der Waals surface area contributed by atoms with E-state index in [1.54, 1.807) is 11.9 Å². The summed E-state index contributed by atoms with van der Waals surface area (Å²) in [5.74, 6) is 0.475. The molecule has 0 aliphatic heterocycles. The summed E-state index contributed by atoms with van der Waals surface area (Å²) in [7, 11) is 1.80. The van der Waals surface area contributed by atoms with Crippen LogP contribution < -0.4 is 5.32 Å². The third-order valence-corrected chi connectivity index (χ3v) is 3.04. The van der Waals surface area contributed by atoms with Crippen LogP contribution in [-0.2, 0) is 0 Å². The molecule has 0 fully saturated rings. The maximum Gasteiger partial charge on any atom is 0.317 e. The maximum absolute atomic E-state index is 11.5. The Balaban J connectivity index is 2.30. The van der Waals surface area contributed by atoms with Crippen molar-refractivity contribution in [2.75, 3.05) is 20.1 Å². The van der Waals surface area contributed by atoms with Gasteiger partial charge in [0.2, 0.25) is 0 Å². The third-order valence-electron chi connectivity index (χ3n) is 3.04. The highest BCUT2D eigenvalue weighted by atomic mass is 16.2. The summed E-state index contributed by atoms with van der Waals surface area (Å²) in [6, 6.07) is 10.4. The van der Waals surface area contributed by atoms with Gasteiger partial charge in [0.05, 0.1) is 0 Å². The number of carbonyl (C=O) groups excluding carboxylic acids is 1. The normalized spacial score (nSPS) is 11.9.